The average Bonchev–Trinajstić information content (AvgIpc) is 3.33. The predicted molar refractivity (Wildman–Crippen MR) is 107 cm³/mol. The molecule has 4 rings (SSSR count). The third-order valence-electron chi connectivity index (χ3n) is 4.43. The van der Waals surface area contributed by atoms with Crippen LogP contribution in [0.15, 0.2) is 65.8 Å². The summed E-state index contributed by atoms with van der Waals surface area (Å²) in [5.74, 6) is 1.57. The summed E-state index contributed by atoms with van der Waals surface area (Å²) in [5, 5.41) is 0. The van der Waals surface area contributed by atoms with Crippen LogP contribution in [0, 0.1) is 6.92 Å². The van der Waals surface area contributed by atoms with Gasteiger partial charge in [-0.05, 0) is 56.2 Å². The van der Waals surface area contributed by atoms with Crippen molar-refractivity contribution in [3.05, 3.63) is 70.5 Å². The van der Waals surface area contributed by atoms with E-state index in [1.165, 1.54) is 11.3 Å². The van der Waals surface area contributed by atoms with Gasteiger partial charge in [-0.15, -0.1) is 11.3 Å². The van der Waals surface area contributed by atoms with Crippen molar-refractivity contribution in [3.63, 3.8) is 0 Å². The second-order valence-corrected chi connectivity index (χ2v) is 7.71. The van der Waals surface area contributed by atoms with E-state index in [0.29, 0.717) is 4.80 Å². The zero-order valence-corrected chi connectivity index (χ0v) is 16.0. The molecule has 1 aromatic heterocycles. The van der Waals surface area contributed by atoms with Crippen LogP contribution in [0.3, 0.4) is 0 Å². The lowest BCUT2D eigenvalue weighted by Gasteiger charge is -2.11. The van der Waals surface area contributed by atoms with Gasteiger partial charge in [0.25, 0.3) is 0 Å². The fourth-order valence-electron chi connectivity index (χ4n) is 3.08. The van der Waals surface area contributed by atoms with Crippen molar-refractivity contribution in [1.29, 1.82) is 0 Å². The molecular weight excluding hydrogens is 358 g/mol. The van der Waals surface area contributed by atoms with Crippen LogP contribution in [0.4, 0.5) is 4.79 Å². The first-order valence-corrected chi connectivity index (χ1v) is 9.87. The molecule has 1 aliphatic rings. The Morgan fingerprint density at radius 1 is 1.00 bits per heavy atom. The summed E-state index contributed by atoms with van der Waals surface area (Å²) in [6.45, 7) is 3.63. The van der Waals surface area contributed by atoms with E-state index in [4.69, 9.17) is 4.74 Å². The number of amides is 2. The number of para-hydroxylation sites is 1. The van der Waals surface area contributed by atoms with E-state index >= 15 is 0 Å². The summed E-state index contributed by atoms with van der Waals surface area (Å²) in [6.07, 6.45) is 4.13. The van der Waals surface area contributed by atoms with Gasteiger partial charge in [0.15, 0.2) is 4.80 Å². The number of thiazole rings is 1. The molecule has 0 radical (unpaired) electrons. The Balaban J connectivity index is 1.59. The molecule has 0 N–H and O–H groups in total. The van der Waals surface area contributed by atoms with Crippen LogP contribution in [0.2, 0.25) is 0 Å². The summed E-state index contributed by atoms with van der Waals surface area (Å²) in [5.41, 5.74) is 0.952. The van der Waals surface area contributed by atoms with Crippen molar-refractivity contribution in [2.24, 2.45) is 4.99 Å². The van der Waals surface area contributed by atoms with Crippen molar-refractivity contribution in [3.8, 4) is 17.2 Å². The number of rotatable bonds is 3. The molecule has 5 nitrogen and oxygen atoms in total. The maximum atomic E-state index is 12.4. The molecule has 0 spiro atoms. The summed E-state index contributed by atoms with van der Waals surface area (Å²) < 4.78 is 7.80. The van der Waals surface area contributed by atoms with Crippen molar-refractivity contribution in [2.75, 3.05) is 13.1 Å². The van der Waals surface area contributed by atoms with Crippen LogP contribution in [-0.4, -0.2) is 28.6 Å². The highest BCUT2D eigenvalue weighted by atomic mass is 32.1. The van der Waals surface area contributed by atoms with Crippen molar-refractivity contribution < 1.29 is 9.53 Å². The summed E-state index contributed by atoms with van der Waals surface area (Å²) >= 11 is 1.52. The van der Waals surface area contributed by atoms with E-state index in [1.807, 2.05) is 77.2 Å². The molecule has 0 bridgehead atoms. The highest BCUT2D eigenvalue weighted by Gasteiger charge is 2.17. The van der Waals surface area contributed by atoms with Gasteiger partial charge in [0.05, 0.1) is 0 Å². The third-order valence-corrected chi connectivity index (χ3v) is 5.33. The van der Waals surface area contributed by atoms with Gasteiger partial charge in [-0.1, -0.05) is 18.2 Å². The smallest absolute Gasteiger partial charge is 0.346 e. The maximum absolute atomic E-state index is 12.4. The zero-order chi connectivity index (χ0) is 18.6. The zero-order valence-electron chi connectivity index (χ0n) is 15.2. The fourth-order valence-corrected chi connectivity index (χ4v) is 3.90. The Kier molecular flexibility index (Phi) is 5.07. The lowest BCUT2D eigenvalue weighted by Crippen LogP contribution is -2.27. The lowest BCUT2D eigenvalue weighted by atomic mass is 10.3. The fraction of sp³-hybridized carbons (Fsp3) is 0.238. The second kappa shape index (κ2) is 7.80. The molecule has 1 fully saturated rings. The molecule has 1 saturated heterocycles. The standard InChI is InChI=1S/C21H21N3O2S/c1-16-15-24(21(27-16)22-20(25)23-13-5-6-14-23)17-9-11-19(12-10-17)26-18-7-3-2-4-8-18/h2-4,7-12,15H,5-6,13-14H2,1H3. The Hall–Kier alpha value is -2.86. The minimum atomic E-state index is -0.146. The quantitative estimate of drug-likeness (QED) is 0.659. The van der Waals surface area contributed by atoms with Gasteiger partial charge in [0, 0.05) is 29.9 Å². The number of urea groups is 1. The van der Waals surface area contributed by atoms with Crippen LogP contribution in [0.5, 0.6) is 11.5 Å². The Bertz CT molecular complexity index is 984. The molecule has 0 aliphatic carbocycles. The third kappa shape index (κ3) is 4.11. The molecule has 138 valence electrons. The molecule has 3 aromatic rings. The molecule has 2 heterocycles. The van der Waals surface area contributed by atoms with Crippen molar-refractivity contribution in [2.45, 2.75) is 19.8 Å². The Morgan fingerprint density at radius 3 is 2.37 bits per heavy atom. The summed E-state index contributed by atoms with van der Waals surface area (Å²) in [7, 11) is 0. The Morgan fingerprint density at radius 2 is 1.67 bits per heavy atom. The largest absolute Gasteiger partial charge is 0.457 e. The molecule has 2 amide bonds. The first-order chi connectivity index (χ1) is 13.2. The molecule has 0 atom stereocenters. The van der Waals surface area contributed by atoms with Crippen LogP contribution in [0.1, 0.15) is 17.7 Å². The van der Waals surface area contributed by atoms with Crippen LogP contribution >= 0.6 is 11.3 Å². The number of ether oxygens (including phenoxy) is 1. The highest BCUT2D eigenvalue weighted by molar-refractivity contribution is 7.09. The predicted octanol–water partition coefficient (Wildman–Crippen LogP) is 4.76. The van der Waals surface area contributed by atoms with Gasteiger partial charge in [-0.25, -0.2) is 4.79 Å². The van der Waals surface area contributed by atoms with Crippen LogP contribution in [0.25, 0.3) is 5.69 Å². The number of aromatic nitrogens is 1. The second-order valence-electron chi connectivity index (χ2n) is 6.49. The number of nitrogens with zero attached hydrogens (tertiary/aromatic N) is 3. The molecular formula is C21H21N3O2S. The first kappa shape index (κ1) is 17.5. The van der Waals surface area contributed by atoms with Gasteiger partial charge in [0.1, 0.15) is 11.5 Å². The molecule has 1 aliphatic heterocycles. The molecule has 2 aromatic carbocycles. The molecule has 6 heteroatoms. The molecule has 0 unspecified atom stereocenters. The normalized spacial score (nSPS) is 14.6. The van der Waals surface area contributed by atoms with Crippen LogP contribution < -0.4 is 9.54 Å². The maximum Gasteiger partial charge on any atom is 0.346 e. The van der Waals surface area contributed by atoms with Gasteiger partial charge in [-0.3, -0.25) is 4.57 Å². The van der Waals surface area contributed by atoms with E-state index in [9.17, 15) is 4.79 Å². The monoisotopic (exact) mass is 379 g/mol. The highest BCUT2D eigenvalue weighted by Crippen LogP contribution is 2.22. The van der Waals surface area contributed by atoms with Gasteiger partial charge in [0.2, 0.25) is 0 Å². The summed E-state index contributed by atoms with van der Waals surface area (Å²) in [4.78, 5) is 20.4. The SMILES string of the molecule is Cc1cn(-c2ccc(Oc3ccccc3)cc2)c(=NC(=O)N2CCCC2)s1. The summed E-state index contributed by atoms with van der Waals surface area (Å²) in [6, 6.07) is 17.3. The average molecular weight is 379 g/mol. The van der Waals surface area contributed by atoms with Crippen molar-refractivity contribution in [1.82, 2.24) is 9.47 Å². The topological polar surface area (TPSA) is 46.8 Å². The minimum absolute atomic E-state index is 0.146. The molecule has 27 heavy (non-hydrogen) atoms. The molecule has 0 saturated carbocycles. The van der Waals surface area contributed by atoms with Gasteiger partial charge in [-0.2, -0.15) is 4.99 Å². The van der Waals surface area contributed by atoms with Crippen molar-refractivity contribution >= 4 is 17.4 Å². The number of carbonyl (C=O) groups excluding carboxylic acids is 1. The van der Waals surface area contributed by atoms with E-state index in [2.05, 4.69) is 4.99 Å². The van der Waals surface area contributed by atoms with Gasteiger partial charge >= 0.3 is 6.03 Å². The number of benzene rings is 2. The Labute approximate surface area is 162 Å². The first-order valence-electron chi connectivity index (χ1n) is 9.05. The number of aryl methyl sites for hydroxylation is 1. The lowest BCUT2D eigenvalue weighted by molar-refractivity contribution is 0.218. The van der Waals surface area contributed by atoms with Gasteiger partial charge < -0.3 is 9.64 Å². The number of likely N-dealkylation sites (tertiary alicyclic amines) is 1. The van der Waals surface area contributed by atoms with E-state index in [-0.39, 0.29) is 6.03 Å². The minimum Gasteiger partial charge on any atom is -0.457 e. The van der Waals surface area contributed by atoms with E-state index < -0.39 is 0 Å². The number of hydrogen-bond acceptors (Lipinski definition) is 3. The van der Waals surface area contributed by atoms with Crippen LogP contribution in [-0.2, 0) is 0 Å². The van der Waals surface area contributed by atoms with E-state index in [0.717, 1.165) is 48.0 Å². The van der Waals surface area contributed by atoms with E-state index in [1.54, 1.807) is 0 Å². The number of carbonyl (C=O) groups is 1. The number of hydrogen-bond donors (Lipinski definition) is 0.